The molecular weight excluding hydrogens is 308 g/mol. The van der Waals surface area contributed by atoms with Crippen molar-refractivity contribution < 1.29 is 18.7 Å². The van der Waals surface area contributed by atoms with Crippen LogP contribution in [0.2, 0.25) is 0 Å². The van der Waals surface area contributed by atoms with Crippen molar-refractivity contribution in [3.05, 3.63) is 24.2 Å². The van der Waals surface area contributed by atoms with E-state index in [-0.39, 0.29) is 17.4 Å². The third kappa shape index (κ3) is 3.36. The predicted octanol–water partition coefficient (Wildman–Crippen LogP) is 1.51. The van der Waals surface area contributed by atoms with E-state index in [4.69, 9.17) is 13.9 Å². The molecule has 0 bridgehead atoms. The Bertz CT molecular complexity index is 555. The summed E-state index contributed by atoms with van der Waals surface area (Å²) >= 11 is 0. The normalized spacial score (nSPS) is 31.7. The van der Waals surface area contributed by atoms with E-state index < -0.39 is 0 Å². The molecule has 1 aromatic rings. The van der Waals surface area contributed by atoms with Gasteiger partial charge in [0.1, 0.15) is 11.9 Å². The molecule has 0 radical (unpaired) electrons. The van der Waals surface area contributed by atoms with E-state index in [2.05, 4.69) is 4.90 Å². The number of carbonyl (C=O) groups is 1. The molecule has 4 heterocycles. The molecule has 0 saturated carbocycles. The van der Waals surface area contributed by atoms with Gasteiger partial charge in [0, 0.05) is 31.7 Å². The first-order valence-corrected chi connectivity index (χ1v) is 8.97. The predicted molar refractivity (Wildman–Crippen MR) is 87.4 cm³/mol. The van der Waals surface area contributed by atoms with Crippen LogP contribution in [0.3, 0.4) is 0 Å². The molecular formula is C18H26N2O4. The van der Waals surface area contributed by atoms with Crippen LogP contribution in [0.4, 0.5) is 0 Å². The van der Waals surface area contributed by atoms with E-state index in [9.17, 15) is 4.79 Å². The molecule has 6 heteroatoms. The summed E-state index contributed by atoms with van der Waals surface area (Å²) in [5, 5.41) is 0. The standard InChI is InChI=1S/C18H26N2O4/c21-17(16-4-2-9-24-16)20-7-10-22-14-18(13-20)5-6-19(12-18)11-15-3-1-8-23-15/h1,3,8,16H,2,4-7,9-14H2/t16-,18-/m1/s1. The van der Waals surface area contributed by atoms with Crippen molar-refractivity contribution >= 4 is 5.91 Å². The quantitative estimate of drug-likeness (QED) is 0.839. The Balaban J connectivity index is 1.41. The largest absolute Gasteiger partial charge is 0.468 e. The van der Waals surface area contributed by atoms with Gasteiger partial charge in [-0.2, -0.15) is 0 Å². The number of rotatable bonds is 3. The second-order valence-corrected chi connectivity index (χ2v) is 7.35. The Hall–Kier alpha value is -1.37. The van der Waals surface area contributed by atoms with Gasteiger partial charge in [0.2, 0.25) is 0 Å². The maximum atomic E-state index is 12.7. The van der Waals surface area contributed by atoms with E-state index in [0.29, 0.717) is 19.8 Å². The van der Waals surface area contributed by atoms with Crippen LogP contribution in [0.5, 0.6) is 0 Å². The molecule has 132 valence electrons. The minimum atomic E-state index is -0.235. The topological polar surface area (TPSA) is 55.1 Å². The average Bonchev–Trinajstić information content (AvgIpc) is 3.30. The summed E-state index contributed by atoms with van der Waals surface area (Å²) in [4.78, 5) is 17.1. The van der Waals surface area contributed by atoms with Gasteiger partial charge in [0.15, 0.2) is 0 Å². The Morgan fingerprint density at radius 1 is 1.29 bits per heavy atom. The lowest BCUT2D eigenvalue weighted by Gasteiger charge is -2.33. The first-order chi connectivity index (χ1) is 11.7. The van der Waals surface area contributed by atoms with Gasteiger partial charge in [-0.15, -0.1) is 0 Å². The van der Waals surface area contributed by atoms with Crippen LogP contribution >= 0.6 is 0 Å². The molecule has 0 N–H and O–H groups in total. The van der Waals surface area contributed by atoms with Crippen LogP contribution in [0.1, 0.15) is 25.0 Å². The van der Waals surface area contributed by atoms with Crippen LogP contribution in [-0.2, 0) is 20.8 Å². The van der Waals surface area contributed by atoms with E-state index in [1.165, 1.54) is 0 Å². The lowest BCUT2D eigenvalue weighted by molar-refractivity contribution is -0.142. The van der Waals surface area contributed by atoms with E-state index in [1.54, 1.807) is 6.26 Å². The van der Waals surface area contributed by atoms with Crippen LogP contribution in [0.25, 0.3) is 0 Å². The Morgan fingerprint density at radius 2 is 2.25 bits per heavy atom. The van der Waals surface area contributed by atoms with Crippen molar-refractivity contribution in [2.24, 2.45) is 5.41 Å². The van der Waals surface area contributed by atoms with Crippen LogP contribution in [-0.4, -0.2) is 67.8 Å². The van der Waals surface area contributed by atoms with Gasteiger partial charge in [-0.05, 0) is 37.9 Å². The third-order valence-electron chi connectivity index (χ3n) is 5.43. The first-order valence-electron chi connectivity index (χ1n) is 8.97. The molecule has 3 aliphatic heterocycles. The number of hydrogen-bond donors (Lipinski definition) is 0. The highest BCUT2D eigenvalue weighted by molar-refractivity contribution is 5.81. The van der Waals surface area contributed by atoms with Crippen LogP contribution in [0, 0.1) is 5.41 Å². The average molecular weight is 334 g/mol. The number of hydrogen-bond acceptors (Lipinski definition) is 5. The monoisotopic (exact) mass is 334 g/mol. The van der Waals surface area contributed by atoms with Crippen molar-refractivity contribution in [1.82, 2.24) is 9.80 Å². The molecule has 0 aromatic carbocycles. The molecule has 3 saturated heterocycles. The summed E-state index contributed by atoms with van der Waals surface area (Å²) in [6.45, 7) is 6.32. The zero-order valence-corrected chi connectivity index (χ0v) is 14.1. The fourth-order valence-electron chi connectivity index (χ4n) is 4.19. The summed E-state index contributed by atoms with van der Waals surface area (Å²) in [7, 11) is 0. The maximum absolute atomic E-state index is 12.7. The molecule has 2 atom stereocenters. The SMILES string of the molecule is O=C([C@H]1CCCO1)N1CCOC[C@@]2(CCN(Cc3ccco3)C2)C1. The van der Waals surface area contributed by atoms with E-state index >= 15 is 0 Å². The molecule has 0 unspecified atom stereocenters. The summed E-state index contributed by atoms with van der Waals surface area (Å²) < 4.78 is 16.9. The lowest BCUT2D eigenvalue weighted by atomic mass is 9.87. The van der Waals surface area contributed by atoms with Crippen LogP contribution in [0.15, 0.2) is 22.8 Å². The molecule has 1 amide bonds. The third-order valence-corrected chi connectivity index (χ3v) is 5.43. The molecule has 0 aliphatic carbocycles. The van der Waals surface area contributed by atoms with Crippen molar-refractivity contribution in [3.8, 4) is 0 Å². The molecule has 1 spiro atoms. The van der Waals surface area contributed by atoms with Gasteiger partial charge in [-0.1, -0.05) is 0 Å². The molecule has 4 rings (SSSR count). The van der Waals surface area contributed by atoms with Crippen LogP contribution < -0.4 is 0 Å². The van der Waals surface area contributed by atoms with Gasteiger partial charge in [0.25, 0.3) is 5.91 Å². The second-order valence-electron chi connectivity index (χ2n) is 7.35. The van der Waals surface area contributed by atoms with E-state index in [0.717, 1.165) is 57.8 Å². The second kappa shape index (κ2) is 6.86. The van der Waals surface area contributed by atoms with Crippen molar-refractivity contribution in [3.63, 3.8) is 0 Å². The highest BCUT2D eigenvalue weighted by atomic mass is 16.5. The molecule has 3 aliphatic rings. The molecule has 24 heavy (non-hydrogen) atoms. The van der Waals surface area contributed by atoms with Gasteiger partial charge in [-0.25, -0.2) is 0 Å². The number of nitrogens with zero attached hydrogens (tertiary/aromatic N) is 2. The highest BCUT2D eigenvalue weighted by Crippen LogP contribution is 2.34. The number of amides is 1. The van der Waals surface area contributed by atoms with Crippen molar-refractivity contribution in [2.45, 2.75) is 31.9 Å². The summed E-state index contributed by atoms with van der Waals surface area (Å²) in [5.74, 6) is 1.15. The number of ether oxygens (including phenoxy) is 2. The molecule has 6 nitrogen and oxygen atoms in total. The zero-order valence-electron chi connectivity index (χ0n) is 14.1. The summed E-state index contributed by atoms with van der Waals surface area (Å²) in [6.07, 6.45) is 4.39. The molecule has 1 aromatic heterocycles. The minimum absolute atomic E-state index is 0.0390. The first kappa shape index (κ1) is 16.1. The van der Waals surface area contributed by atoms with Gasteiger partial charge in [0.05, 0.1) is 26.0 Å². The Labute approximate surface area is 142 Å². The summed E-state index contributed by atoms with van der Waals surface area (Å²) in [5.41, 5.74) is 0.0390. The number of carbonyl (C=O) groups excluding carboxylic acids is 1. The van der Waals surface area contributed by atoms with Crippen molar-refractivity contribution in [2.75, 3.05) is 46.0 Å². The van der Waals surface area contributed by atoms with E-state index in [1.807, 2.05) is 17.0 Å². The minimum Gasteiger partial charge on any atom is -0.468 e. The molecule has 3 fully saturated rings. The van der Waals surface area contributed by atoms with Crippen molar-refractivity contribution in [1.29, 1.82) is 0 Å². The lowest BCUT2D eigenvalue weighted by Crippen LogP contribution is -2.46. The number of likely N-dealkylation sites (tertiary alicyclic amines) is 1. The van der Waals surface area contributed by atoms with Gasteiger partial charge in [-0.3, -0.25) is 9.69 Å². The fourth-order valence-corrected chi connectivity index (χ4v) is 4.19. The zero-order chi connectivity index (χ0) is 16.4. The highest BCUT2D eigenvalue weighted by Gasteiger charge is 2.43. The maximum Gasteiger partial charge on any atom is 0.251 e. The Morgan fingerprint density at radius 3 is 3.04 bits per heavy atom. The van der Waals surface area contributed by atoms with Gasteiger partial charge >= 0.3 is 0 Å². The summed E-state index contributed by atoms with van der Waals surface area (Å²) in [6, 6.07) is 3.94. The fraction of sp³-hybridized carbons (Fsp3) is 0.722. The number of furan rings is 1. The van der Waals surface area contributed by atoms with Gasteiger partial charge < -0.3 is 18.8 Å². The Kier molecular flexibility index (Phi) is 4.61. The smallest absolute Gasteiger partial charge is 0.251 e.